The van der Waals surface area contributed by atoms with Crippen LogP contribution in [0.5, 0.6) is 0 Å². The van der Waals surface area contributed by atoms with E-state index in [0.717, 1.165) is 32.0 Å². The van der Waals surface area contributed by atoms with E-state index >= 15 is 0 Å². The first-order valence-electron chi connectivity index (χ1n) is 9.15. The van der Waals surface area contributed by atoms with Crippen LogP contribution in [0.25, 0.3) is 0 Å². The first-order valence-corrected chi connectivity index (χ1v) is 9.15. The average molecular weight is 342 g/mol. The molecular formula is C17H35N5O2. The zero-order valence-corrected chi connectivity index (χ0v) is 15.6. The molecule has 1 fully saturated rings. The van der Waals surface area contributed by atoms with Gasteiger partial charge in [-0.25, -0.2) is 4.99 Å². The Balaban J connectivity index is 2.19. The Morgan fingerprint density at radius 1 is 1.21 bits per heavy atom. The molecule has 0 unspecified atom stereocenters. The molecule has 7 nitrogen and oxygen atoms in total. The van der Waals surface area contributed by atoms with Crippen LogP contribution in [0.4, 0.5) is 0 Å². The normalized spacial score (nSPS) is 16.9. The summed E-state index contributed by atoms with van der Waals surface area (Å²) in [6.07, 6.45) is 3.71. The maximum absolute atomic E-state index is 11.7. The number of hydrogen-bond acceptors (Lipinski definition) is 4. The third-order valence-corrected chi connectivity index (χ3v) is 4.17. The Labute approximate surface area is 146 Å². The zero-order valence-electron chi connectivity index (χ0n) is 15.6. The quantitative estimate of drug-likeness (QED) is 0.305. The molecule has 1 aliphatic heterocycles. The number of methoxy groups -OCH3 is 1. The van der Waals surface area contributed by atoms with E-state index in [4.69, 9.17) is 4.74 Å². The van der Waals surface area contributed by atoms with Gasteiger partial charge in [0.05, 0.1) is 6.61 Å². The highest BCUT2D eigenvalue weighted by Gasteiger charge is 2.14. The van der Waals surface area contributed by atoms with E-state index < -0.39 is 0 Å². The highest BCUT2D eigenvalue weighted by atomic mass is 16.5. The molecule has 24 heavy (non-hydrogen) atoms. The lowest BCUT2D eigenvalue weighted by Gasteiger charge is -2.30. The van der Waals surface area contributed by atoms with Crippen LogP contribution in [0.3, 0.4) is 0 Å². The standard InChI is InChI=1S/C17H35N5O2/c1-4-18-17(21-14-16(23)19-9-13-24-3)20-8-5-10-22-11-6-15(2)7-12-22/h15H,4-14H2,1-3H3,(H,19,23)(H2,18,20,21). The molecule has 0 spiro atoms. The van der Waals surface area contributed by atoms with Crippen LogP contribution in [0.1, 0.15) is 33.1 Å². The second-order valence-electron chi connectivity index (χ2n) is 6.34. The minimum Gasteiger partial charge on any atom is -0.383 e. The molecule has 1 amide bonds. The predicted octanol–water partition coefficient (Wildman–Crippen LogP) is 0.426. The fraction of sp³-hybridized carbons (Fsp3) is 0.882. The number of likely N-dealkylation sites (tertiary alicyclic amines) is 1. The van der Waals surface area contributed by atoms with Gasteiger partial charge in [-0.05, 0) is 51.7 Å². The van der Waals surface area contributed by atoms with Crippen LogP contribution in [0, 0.1) is 5.92 Å². The van der Waals surface area contributed by atoms with Crippen LogP contribution in [-0.2, 0) is 9.53 Å². The molecule has 1 rings (SSSR count). The number of guanidine groups is 1. The lowest BCUT2D eigenvalue weighted by molar-refractivity contribution is -0.119. The number of hydrogen-bond donors (Lipinski definition) is 3. The topological polar surface area (TPSA) is 78.0 Å². The Morgan fingerprint density at radius 2 is 1.96 bits per heavy atom. The minimum atomic E-state index is -0.0910. The molecule has 7 heteroatoms. The van der Waals surface area contributed by atoms with Gasteiger partial charge in [-0.3, -0.25) is 4.79 Å². The molecule has 1 aliphatic rings. The number of piperidine rings is 1. The average Bonchev–Trinajstić information content (AvgIpc) is 2.58. The van der Waals surface area contributed by atoms with E-state index in [-0.39, 0.29) is 12.5 Å². The van der Waals surface area contributed by atoms with Crippen molar-refractivity contribution in [2.24, 2.45) is 10.9 Å². The van der Waals surface area contributed by atoms with Gasteiger partial charge in [0.1, 0.15) is 6.54 Å². The van der Waals surface area contributed by atoms with Gasteiger partial charge in [0, 0.05) is 26.7 Å². The van der Waals surface area contributed by atoms with Gasteiger partial charge >= 0.3 is 0 Å². The third-order valence-electron chi connectivity index (χ3n) is 4.17. The molecule has 1 saturated heterocycles. The van der Waals surface area contributed by atoms with E-state index in [1.165, 1.54) is 25.9 Å². The summed E-state index contributed by atoms with van der Waals surface area (Å²) in [4.78, 5) is 18.5. The summed E-state index contributed by atoms with van der Waals surface area (Å²) < 4.78 is 4.90. The number of aliphatic imine (C=N–C) groups is 1. The molecule has 140 valence electrons. The summed E-state index contributed by atoms with van der Waals surface area (Å²) in [5.74, 6) is 1.49. The third kappa shape index (κ3) is 9.72. The van der Waals surface area contributed by atoms with Crippen molar-refractivity contribution < 1.29 is 9.53 Å². The van der Waals surface area contributed by atoms with Crippen molar-refractivity contribution in [3.63, 3.8) is 0 Å². The van der Waals surface area contributed by atoms with E-state index in [1.807, 2.05) is 6.92 Å². The van der Waals surface area contributed by atoms with Gasteiger partial charge in [0.15, 0.2) is 5.96 Å². The summed E-state index contributed by atoms with van der Waals surface area (Å²) in [6, 6.07) is 0. The number of amides is 1. The Hall–Kier alpha value is -1.34. The van der Waals surface area contributed by atoms with Crippen molar-refractivity contribution >= 4 is 11.9 Å². The number of rotatable bonds is 10. The Morgan fingerprint density at radius 3 is 2.62 bits per heavy atom. The summed E-state index contributed by atoms with van der Waals surface area (Å²) in [5, 5.41) is 9.23. The van der Waals surface area contributed by atoms with Crippen LogP contribution in [0.15, 0.2) is 4.99 Å². The second kappa shape index (κ2) is 13.0. The summed E-state index contributed by atoms with van der Waals surface area (Å²) >= 11 is 0. The van der Waals surface area contributed by atoms with Gasteiger partial charge in [-0.2, -0.15) is 0 Å². The highest BCUT2D eigenvalue weighted by molar-refractivity contribution is 5.84. The molecule has 0 aromatic heterocycles. The fourth-order valence-corrected chi connectivity index (χ4v) is 2.64. The number of ether oxygens (including phenoxy) is 1. The van der Waals surface area contributed by atoms with Crippen LogP contribution < -0.4 is 16.0 Å². The molecule has 0 bridgehead atoms. The predicted molar refractivity (Wildman–Crippen MR) is 98.3 cm³/mol. The fourth-order valence-electron chi connectivity index (χ4n) is 2.64. The maximum Gasteiger partial charge on any atom is 0.241 e. The second-order valence-corrected chi connectivity index (χ2v) is 6.34. The molecular weight excluding hydrogens is 306 g/mol. The number of carbonyl (C=O) groups is 1. The smallest absolute Gasteiger partial charge is 0.241 e. The van der Waals surface area contributed by atoms with Gasteiger partial charge in [0.2, 0.25) is 5.91 Å². The van der Waals surface area contributed by atoms with Crippen molar-refractivity contribution in [3.05, 3.63) is 0 Å². The largest absolute Gasteiger partial charge is 0.383 e. The molecule has 0 aromatic rings. The molecule has 1 heterocycles. The SMILES string of the molecule is CCNC(=NCC(=O)NCCOC)NCCCN1CCC(C)CC1. The monoisotopic (exact) mass is 341 g/mol. The first kappa shape index (κ1) is 20.7. The lowest BCUT2D eigenvalue weighted by atomic mass is 9.99. The molecule has 0 atom stereocenters. The van der Waals surface area contributed by atoms with E-state index in [2.05, 4.69) is 32.8 Å². The molecule has 0 saturated carbocycles. The van der Waals surface area contributed by atoms with Crippen LogP contribution in [0.2, 0.25) is 0 Å². The van der Waals surface area contributed by atoms with Gasteiger partial charge in [-0.1, -0.05) is 6.92 Å². The van der Waals surface area contributed by atoms with Gasteiger partial charge < -0.3 is 25.6 Å². The van der Waals surface area contributed by atoms with Crippen LogP contribution in [-0.4, -0.2) is 76.3 Å². The Kier molecular flexibility index (Phi) is 11.2. The van der Waals surface area contributed by atoms with Crippen molar-refractivity contribution in [2.45, 2.75) is 33.1 Å². The molecule has 0 radical (unpaired) electrons. The maximum atomic E-state index is 11.7. The van der Waals surface area contributed by atoms with Crippen LogP contribution >= 0.6 is 0 Å². The minimum absolute atomic E-state index is 0.0910. The summed E-state index contributed by atoms with van der Waals surface area (Å²) in [7, 11) is 1.61. The number of nitrogens with zero attached hydrogens (tertiary/aromatic N) is 2. The number of nitrogens with one attached hydrogen (secondary N) is 3. The van der Waals surface area contributed by atoms with Gasteiger partial charge in [0.25, 0.3) is 0 Å². The van der Waals surface area contributed by atoms with E-state index in [9.17, 15) is 4.79 Å². The Bertz CT molecular complexity index is 368. The zero-order chi connectivity index (χ0) is 17.6. The number of carbonyl (C=O) groups excluding carboxylic acids is 1. The molecule has 3 N–H and O–H groups in total. The van der Waals surface area contributed by atoms with Crippen molar-refractivity contribution in [2.75, 3.05) is 59.5 Å². The highest BCUT2D eigenvalue weighted by Crippen LogP contribution is 2.15. The molecule has 0 aliphatic carbocycles. The molecule has 0 aromatic carbocycles. The van der Waals surface area contributed by atoms with Crippen molar-refractivity contribution in [1.82, 2.24) is 20.9 Å². The summed E-state index contributed by atoms with van der Waals surface area (Å²) in [6.45, 7) is 10.7. The first-order chi connectivity index (χ1) is 11.7. The van der Waals surface area contributed by atoms with Crippen molar-refractivity contribution in [1.29, 1.82) is 0 Å². The van der Waals surface area contributed by atoms with Gasteiger partial charge in [-0.15, -0.1) is 0 Å². The van der Waals surface area contributed by atoms with E-state index in [0.29, 0.717) is 19.1 Å². The lowest BCUT2D eigenvalue weighted by Crippen LogP contribution is -2.40. The van der Waals surface area contributed by atoms with E-state index in [1.54, 1.807) is 7.11 Å². The van der Waals surface area contributed by atoms with Crippen molar-refractivity contribution in [3.8, 4) is 0 Å². The summed E-state index contributed by atoms with van der Waals surface area (Å²) in [5.41, 5.74) is 0.